The summed E-state index contributed by atoms with van der Waals surface area (Å²) in [5.74, 6) is 0.636. The smallest absolute Gasteiger partial charge is 0.318 e. The molecule has 0 bridgehead atoms. The quantitative estimate of drug-likeness (QED) is 0.825. The van der Waals surface area contributed by atoms with Gasteiger partial charge in [-0.15, -0.1) is 0 Å². The number of urea groups is 1. The summed E-state index contributed by atoms with van der Waals surface area (Å²) in [6.45, 7) is 6.61. The van der Waals surface area contributed by atoms with Crippen LogP contribution in [-0.2, 0) is 17.7 Å². The van der Waals surface area contributed by atoms with E-state index in [-0.39, 0.29) is 12.1 Å². The number of carbonyl (C=O) groups excluding carboxylic acids is 1. The molecule has 29 heavy (non-hydrogen) atoms. The first kappa shape index (κ1) is 19.6. The van der Waals surface area contributed by atoms with Gasteiger partial charge in [-0.25, -0.2) is 14.8 Å². The molecule has 0 aromatic carbocycles. The number of aryl methyl sites for hydroxylation is 1. The Kier molecular flexibility index (Phi) is 5.89. The SMILES string of the molecule is Cc1ccc([C@@H](C)NC(=O)N2CCc3cnc(NC4CCOCC4)nc3C2)cn1. The van der Waals surface area contributed by atoms with E-state index in [1.165, 1.54) is 0 Å². The highest BCUT2D eigenvalue weighted by atomic mass is 16.5. The van der Waals surface area contributed by atoms with Crippen LogP contribution in [0.15, 0.2) is 24.5 Å². The zero-order valence-electron chi connectivity index (χ0n) is 17.0. The van der Waals surface area contributed by atoms with E-state index < -0.39 is 0 Å². The Labute approximate surface area is 171 Å². The Hall–Kier alpha value is -2.74. The second kappa shape index (κ2) is 8.73. The standard InChI is InChI=1S/C21H28N6O2/c1-14-3-4-16(11-22-14)15(2)24-21(28)27-8-5-17-12-23-20(26-19(17)13-27)25-18-6-9-29-10-7-18/h3-4,11-12,15,18H,5-10,13H2,1-2H3,(H,24,28)(H,23,25,26)/t15-/m1/s1. The molecule has 8 heteroatoms. The summed E-state index contributed by atoms with van der Waals surface area (Å²) in [7, 11) is 0. The summed E-state index contributed by atoms with van der Waals surface area (Å²) in [4.78, 5) is 28.1. The van der Waals surface area contributed by atoms with Gasteiger partial charge in [0.1, 0.15) is 0 Å². The number of fused-ring (bicyclic) bond motifs is 1. The molecule has 1 saturated heterocycles. The average molecular weight is 396 g/mol. The minimum atomic E-state index is -0.104. The van der Waals surface area contributed by atoms with Crippen molar-refractivity contribution < 1.29 is 9.53 Å². The molecule has 4 rings (SSSR count). The largest absolute Gasteiger partial charge is 0.381 e. The summed E-state index contributed by atoms with van der Waals surface area (Å²) in [5.41, 5.74) is 3.99. The molecule has 1 atom stereocenters. The van der Waals surface area contributed by atoms with Crippen molar-refractivity contribution in [3.8, 4) is 0 Å². The first-order valence-corrected chi connectivity index (χ1v) is 10.3. The normalized spacial score (nSPS) is 18.1. The van der Waals surface area contributed by atoms with Crippen LogP contribution in [0, 0.1) is 6.92 Å². The molecule has 154 valence electrons. The number of hydrogen-bond acceptors (Lipinski definition) is 6. The third-order valence-electron chi connectivity index (χ3n) is 5.56. The Morgan fingerprint density at radius 1 is 1.24 bits per heavy atom. The number of anilines is 1. The van der Waals surface area contributed by atoms with E-state index in [0.717, 1.165) is 55.0 Å². The van der Waals surface area contributed by atoms with Gasteiger partial charge >= 0.3 is 6.03 Å². The zero-order valence-corrected chi connectivity index (χ0v) is 17.0. The molecule has 0 unspecified atom stereocenters. The second-order valence-corrected chi connectivity index (χ2v) is 7.77. The van der Waals surface area contributed by atoms with E-state index in [9.17, 15) is 4.79 Å². The molecule has 0 spiro atoms. The summed E-state index contributed by atoms with van der Waals surface area (Å²) in [5, 5.41) is 6.48. The van der Waals surface area contributed by atoms with Crippen LogP contribution < -0.4 is 10.6 Å². The minimum absolute atomic E-state index is 0.0822. The van der Waals surface area contributed by atoms with Crippen LogP contribution in [0.1, 0.15) is 48.3 Å². The molecule has 2 aromatic heterocycles. The van der Waals surface area contributed by atoms with Gasteiger partial charge in [0.25, 0.3) is 0 Å². The van der Waals surface area contributed by atoms with Crippen molar-refractivity contribution in [2.75, 3.05) is 25.1 Å². The molecular weight excluding hydrogens is 368 g/mol. The first-order valence-electron chi connectivity index (χ1n) is 10.3. The second-order valence-electron chi connectivity index (χ2n) is 7.77. The summed E-state index contributed by atoms with van der Waals surface area (Å²) < 4.78 is 5.40. The van der Waals surface area contributed by atoms with Crippen molar-refractivity contribution in [3.63, 3.8) is 0 Å². The third-order valence-corrected chi connectivity index (χ3v) is 5.56. The molecule has 0 aliphatic carbocycles. The molecule has 1 fully saturated rings. The van der Waals surface area contributed by atoms with Crippen molar-refractivity contribution in [2.45, 2.75) is 51.7 Å². The van der Waals surface area contributed by atoms with Gasteiger partial charge in [-0.3, -0.25) is 4.98 Å². The van der Waals surface area contributed by atoms with Crippen molar-refractivity contribution in [3.05, 3.63) is 47.0 Å². The number of ether oxygens (including phenoxy) is 1. The lowest BCUT2D eigenvalue weighted by Gasteiger charge is -2.30. The maximum absolute atomic E-state index is 12.8. The number of pyridine rings is 1. The highest BCUT2D eigenvalue weighted by Crippen LogP contribution is 2.20. The monoisotopic (exact) mass is 396 g/mol. The van der Waals surface area contributed by atoms with Crippen LogP contribution in [0.3, 0.4) is 0 Å². The number of rotatable bonds is 4. The van der Waals surface area contributed by atoms with Crippen molar-refractivity contribution in [1.29, 1.82) is 0 Å². The molecule has 0 radical (unpaired) electrons. The average Bonchev–Trinajstić information content (AvgIpc) is 2.74. The van der Waals surface area contributed by atoms with Gasteiger partial charge < -0.3 is 20.3 Å². The predicted octanol–water partition coefficient (Wildman–Crippen LogP) is 2.60. The lowest BCUT2D eigenvalue weighted by molar-refractivity contribution is 0.0903. The van der Waals surface area contributed by atoms with Crippen LogP contribution in [0.4, 0.5) is 10.7 Å². The van der Waals surface area contributed by atoms with E-state index in [4.69, 9.17) is 9.72 Å². The third kappa shape index (κ3) is 4.82. The van der Waals surface area contributed by atoms with Crippen molar-refractivity contribution in [1.82, 2.24) is 25.2 Å². The Balaban J connectivity index is 1.38. The summed E-state index contributed by atoms with van der Waals surface area (Å²) >= 11 is 0. The maximum Gasteiger partial charge on any atom is 0.318 e. The van der Waals surface area contributed by atoms with Crippen LogP contribution >= 0.6 is 0 Å². The van der Waals surface area contributed by atoms with Gasteiger partial charge in [-0.05, 0) is 50.3 Å². The summed E-state index contributed by atoms with van der Waals surface area (Å²) in [6.07, 6.45) is 6.38. The molecule has 8 nitrogen and oxygen atoms in total. The molecule has 0 saturated carbocycles. The molecule has 2 aliphatic heterocycles. The lowest BCUT2D eigenvalue weighted by Crippen LogP contribution is -2.44. The Morgan fingerprint density at radius 2 is 2.07 bits per heavy atom. The van der Waals surface area contributed by atoms with Gasteiger partial charge in [-0.2, -0.15) is 0 Å². The zero-order chi connectivity index (χ0) is 20.2. The Bertz CT molecular complexity index is 851. The highest BCUT2D eigenvalue weighted by Gasteiger charge is 2.24. The van der Waals surface area contributed by atoms with Crippen molar-refractivity contribution >= 4 is 12.0 Å². The van der Waals surface area contributed by atoms with Crippen LogP contribution in [0.25, 0.3) is 0 Å². The topological polar surface area (TPSA) is 92.3 Å². The minimum Gasteiger partial charge on any atom is -0.381 e. The van der Waals surface area contributed by atoms with Gasteiger partial charge in [0.05, 0.1) is 18.3 Å². The number of nitrogens with zero attached hydrogens (tertiary/aromatic N) is 4. The molecular formula is C21H28N6O2. The number of amides is 2. The number of aromatic nitrogens is 3. The van der Waals surface area contributed by atoms with E-state index in [0.29, 0.717) is 25.1 Å². The van der Waals surface area contributed by atoms with Crippen molar-refractivity contribution in [2.24, 2.45) is 0 Å². The van der Waals surface area contributed by atoms with Gasteiger partial charge in [0.2, 0.25) is 5.95 Å². The fourth-order valence-electron chi connectivity index (χ4n) is 3.67. The Morgan fingerprint density at radius 3 is 2.83 bits per heavy atom. The van der Waals surface area contributed by atoms with E-state index >= 15 is 0 Å². The highest BCUT2D eigenvalue weighted by molar-refractivity contribution is 5.75. The number of nitrogens with one attached hydrogen (secondary N) is 2. The lowest BCUT2D eigenvalue weighted by atomic mass is 10.1. The molecule has 4 heterocycles. The van der Waals surface area contributed by atoms with Gasteiger partial charge in [0, 0.05) is 43.9 Å². The number of hydrogen-bond donors (Lipinski definition) is 2. The molecule has 2 aliphatic rings. The van der Waals surface area contributed by atoms with E-state index in [2.05, 4.69) is 20.6 Å². The number of carbonyl (C=O) groups is 1. The maximum atomic E-state index is 12.8. The van der Waals surface area contributed by atoms with E-state index in [1.807, 2.05) is 43.3 Å². The van der Waals surface area contributed by atoms with Crippen LogP contribution in [-0.4, -0.2) is 51.7 Å². The van der Waals surface area contributed by atoms with Crippen LogP contribution in [0.5, 0.6) is 0 Å². The van der Waals surface area contributed by atoms with Crippen LogP contribution in [0.2, 0.25) is 0 Å². The predicted molar refractivity (Wildman–Crippen MR) is 110 cm³/mol. The molecule has 2 N–H and O–H groups in total. The molecule has 2 amide bonds. The van der Waals surface area contributed by atoms with Gasteiger partial charge in [-0.1, -0.05) is 6.07 Å². The first-order chi connectivity index (χ1) is 14.1. The molecule has 2 aromatic rings. The van der Waals surface area contributed by atoms with E-state index in [1.54, 1.807) is 0 Å². The fraction of sp³-hybridized carbons (Fsp3) is 0.524. The fourth-order valence-corrected chi connectivity index (χ4v) is 3.67. The van der Waals surface area contributed by atoms with Gasteiger partial charge in [0.15, 0.2) is 0 Å². The summed E-state index contributed by atoms with van der Waals surface area (Å²) in [6, 6.07) is 4.11.